The molecule has 0 N–H and O–H groups in total. The monoisotopic (exact) mass is 372 g/mol. The Bertz CT molecular complexity index is 454. The second-order valence-electron chi connectivity index (χ2n) is 9.87. The van der Waals surface area contributed by atoms with Gasteiger partial charge in [0.1, 0.15) is 6.10 Å². The van der Waals surface area contributed by atoms with Crippen LogP contribution in [0.3, 0.4) is 0 Å². The van der Waals surface area contributed by atoms with E-state index in [2.05, 4.69) is 67.7 Å². The normalized spacial score (nSPS) is 17.2. The summed E-state index contributed by atoms with van der Waals surface area (Å²) in [6, 6.07) is 0. The molecular weight excluding hydrogens is 332 g/mol. The van der Waals surface area contributed by atoms with Crippen LogP contribution >= 0.6 is 0 Å². The summed E-state index contributed by atoms with van der Waals surface area (Å²) in [6.07, 6.45) is 3.04. The molecule has 0 aromatic heterocycles. The zero-order chi connectivity index (χ0) is 19.6. The maximum atomic E-state index is 12.4. The molecule has 2 atom stereocenters. The van der Waals surface area contributed by atoms with E-state index in [0.717, 1.165) is 0 Å². The van der Waals surface area contributed by atoms with Crippen molar-refractivity contribution in [3.63, 3.8) is 0 Å². The van der Waals surface area contributed by atoms with Gasteiger partial charge in [-0.2, -0.15) is 0 Å². The van der Waals surface area contributed by atoms with Gasteiger partial charge < -0.3 is 8.85 Å². The molecule has 0 heterocycles. The van der Waals surface area contributed by atoms with E-state index in [4.69, 9.17) is 8.85 Å². The molecule has 0 fully saturated rings. The van der Waals surface area contributed by atoms with E-state index in [9.17, 15) is 4.79 Å². The van der Waals surface area contributed by atoms with Crippen molar-refractivity contribution in [1.82, 2.24) is 0 Å². The van der Waals surface area contributed by atoms with Crippen molar-refractivity contribution in [2.45, 2.75) is 104 Å². The molecule has 0 bridgehead atoms. The largest absolute Gasteiger partial charge is 0.411 e. The van der Waals surface area contributed by atoms with Crippen molar-refractivity contribution in [1.29, 1.82) is 0 Å². The highest BCUT2D eigenvalue weighted by molar-refractivity contribution is 6.74. The number of rotatable bonds is 7. The summed E-state index contributed by atoms with van der Waals surface area (Å²) in [7, 11) is -3.75. The Hall–Kier alpha value is -0.236. The van der Waals surface area contributed by atoms with Gasteiger partial charge in [-0.1, -0.05) is 47.6 Å². The van der Waals surface area contributed by atoms with Gasteiger partial charge in [0.2, 0.25) is 0 Å². The van der Waals surface area contributed by atoms with Crippen LogP contribution in [0.2, 0.25) is 36.3 Å². The summed E-state index contributed by atoms with van der Waals surface area (Å²) in [5.74, 6) is 0.0190. The molecule has 24 heavy (non-hydrogen) atoms. The Morgan fingerprint density at radius 2 is 1.21 bits per heavy atom. The number of hydrogen-bond donors (Lipinski definition) is 0. The van der Waals surface area contributed by atoms with E-state index in [1.165, 1.54) is 0 Å². The van der Waals surface area contributed by atoms with Gasteiger partial charge in [-0.25, -0.2) is 0 Å². The van der Waals surface area contributed by atoms with Crippen LogP contribution in [0.4, 0.5) is 0 Å². The first-order valence-corrected chi connectivity index (χ1v) is 14.8. The van der Waals surface area contributed by atoms with Gasteiger partial charge in [0.25, 0.3) is 0 Å². The van der Waals surface area contributed by atoms with Crippen LogP contribution < -0.4 is 0 Å². The van der Waals surface area contributed by atoms with E-state index in [-0.39, 0.29) is 22.0 Å². The van der Waals surface area contributed by atoms with Crippen LogP contribution in [0.1, 0.15) is 55.4 Å². The predicted octanol–water partition coefficient (Wildman–Crippen LogP) is 5.93. The minimum atomic E-state index is -1.93. The second-order valence-corrected chi connectivity index (χ2v) is 19.4. The fourth-order valence-corrected chi connectivity index (χ4v) is 4.44. The quantitative estimate of drug-likeness (QED) is 0.410. The summed E-state index contributed by atoms with van der Waals surface area (Å²) >= 11 is 0. The molecule has 0 spiro atoms. The molecule has 0 aliphatic carbocycles. The van der Waals surface area contributed by atoms with E-state index >= 15 is 0 Å². The molecule has 0 amide bonds. The molecule has 0 aromatic rings. The highest BCUT2D eigenvalue weighted by atomic mass is 28.4. The third kappa shape index (κ3) is 6.94. The standard InChI is InChI=1S/C19H40O3Si2/c1-15(21-23(9,10)18(3,4)5)13-14-17(20)16(2)22-24(11,12)19(6,7)8/h13-16H,1-12H3/b14-13-/t15?,16-/m0/s1. The Morgan fingerprint density at radius 3 is 1.58 bits per heavy atom. The number of ketones is 1. The molecule has 0 rings (SSSR count). The Balaban J connectivity index is 4.79. The predicted molar refractivity (Wildman–Crippen MR) is 110 cm³/mol. The zero-order valence-electron chi connectivity index (χ0n) is 18.0. The maximum Gasteiger partial charge on any atom is 0.193 e. The van der Waals surface area contributed by atoms with E-state index in [1.54, 1.807) is 6.08 Å². The Labute approximate surface area is 152 Å². The minimum Gasteiger partial charge on any atom is -0.411 e. The summed E-state index contributed by atoms with van der Waals surface area (Å²) in [5, 5.41) is 0.266. The molecule has 5 heteroatoms. The second kappa shape index (κ2) is 7.98. The zero-order valence-corrected chi connectivity index (χ0v) is 20.0. The molecule has 3 nitrogen and oxygen atoms in total. The first kappa shape index (κ1) is 23.8. The molecular formula is C19H40O3Si2. The Kier molecular flexibility index (Phi) is 7.90. The lowest BCUT2D eigenvalue weighted by molar-refractivity contribution is -0.120. The molecule has 0 aliphatic rings. The maximum absolute atomic E-state index is 12.4. The van der Waals surface area contributed by atoms with Gasteiger partial charge in [-0.15, -0.1) is 0 Å². The van der Waals surface area contributed by atoms with Crippen LogP contribution in [0.15, 0.2) is 12.2 Å². The van der Waals surface area contributed by atoms with E-state index < -0.39 is 22.7 Å². The van der Waals surface area contributed by atoms with Crippen LogP contribution in [-0.2, 0) is 13.6 Å². The minimum absolute atomic E-state index is 0.0190. The lowest BCUT2D eigenvalue weighted by atomic mass is 10.2. The topological polar surface area (TPSA) is 35.5 Å². The highest BCUT2D eigenvalue weighted by Crippen LogP contribution is 2.38. The van der Waals surface area contributed by atoms with E-state index in [0.29, 0.717) is 0 Å². The van der Waals surface area contributed by atoms with Crippen LogP contribution in [0.25, 0.3) is 0 Å². The van der Waals surface area contributed by atoms with Gasteiger partial charge >= 0.3 is 0 Å². The first-order chi connectivity index (χ1) is 10.4. The number of carbonyl (C=O) groups excluding carboxylic acids is 1. The van der Waals surface area contributed by atoms with Gasteiger partial charge in [-0.05, 0) is 56.2 Å². The van der Waals surface area contributed by atoms with Gasteiger partial charge in [-0.3, -0.25) is 4.79 Å². The molecule has 1 unspecified atom stereocenters. The van der Waals surface area contributed by atoms with Gasteiger partial charge in [0.15, 0.2) is 22.4 Å². The molecule has 142 valence electrons. The SMILES string of the molecule is CC(/C=C\C(=O)[C@H](C)O[Si](C)(C)C(C)(C)C)O[Si](C)(C)C(C)(C)C. The highest BCUT2D eigenvalue weighted by Gasteiger charge is 2.40. The molecule has 0 saturated heterocycles. The van der Waals surface area contributed by atoms with Crippen molar-refractivity contribution in [2.75, 3.05) is 0 Å². The van der Waals surface area contributed by atoms with Crippen molar-refractivity contribution in [3.05, 3.63) is 12.2 Å². The molecule has 0 radical (unpaired) electrons. The van der Waals surface area contributed by atoms with Gasteiger partial charge in [0.05, 0.1) is 6.10 Å². The lowest BCUT2D eigenvalue weighted by Gasteiger charge is -2.38. The van der Waals surface area contributed by atoms with Gasteiger partial charge in [0, 0.05) is 0 Å². The van der Waals surface area contributed by atoms with Crippen LogP contribution in [-0.4, -0.2) is 34.6 Å². The molecule has 0 aromatic carbocycles. The average Bonchev–Trinajstić information content (AvgIpc) is 2.31. The van der Waals surface area contributed by atoms with Crippen molar-refractivity contribution in [2.24, 2.45) is 0 Å². The van der Waals surface area contributed by atoms with Crippen molar-refractivity contribution >= 4 is 22.4 Å². The number of carbonyl (C=O) groups is 1. The lowest BCUT2D eigenvalue weighted by Crippen LogP contribution is -2.45. The van der Waals surface area contributed by atoms with Crippen molar-refractivity contribution in [3.8, 4) is 0 Å². The molecule has 0 aliphatic heterocycles. The molecule has 0 saturated carbocycles. The summed E-state index contributed by atoms with van der Waals surface area (Å²) in [5.41, 5.74) is 0. The van der Waals surface area contributed by atoms with Crippen molar-refractivity contribution < 1.29 is 13.6 Å². The third-order valence-electron chi connectivity index (χ3n) is 5.50. The van der Waals surface area contributed by atoms with Crippen LogP contribution in [0, 0.1) is 0 Å². The average molecular weight is 373 g/mol. The fraction of sp³-hybridized carbons (Fsp3) is 0.842. The first-order valence-electron chi connectivity index (χ1n) is 8.98. The summed E-state index contributed by atoms with van der Waals surface area (Å²) in [4.78, 5) is 12.4. The third-order valence-corrected chi connectivity index (χ3v) is 14.6. The fourth-order valence-electron chi connectivity index (χ4n) is 1.72. The smallest absolute Gasteiger partial charge is 0.193 e. The number of hydrogen-bond acceptors (Lipinski definition) is 3. The summed E-state index contributed by atoms with van der Waals surface area (Å²) in [6.45, 7) is 25.8. The van der Waals surface area contributed by atoms with Crippen LogP contribution in [0.5, 0.6) is 0 Å². The summed E-state index contributed by atoms with van der Waals surface area (Å²) < 4.78 is 12.4. The van der Waals surface area contributed by atoms with E-state index in [1.807, 2.05) is 19.9 Å². The Morgan fingerprint density at radius 1 is 0.833 bits per heavy atom.